The van der Waals surface area contributed by atoms with Gasteiger partial charge < -0.3 is 5.32 Å². The highest BCUT2D eigenvalue weighted by atomic mass is 32.1. The van der Waals surface area contributed by atoms with Gasteiger partial charge in [0.25, 0.3) is 0 Å². The van der Waals surface area contributed by atoms with Crippen molar-refractivity contribution in [2.75, 3.05) is 5.32 Å². The Morgan fingerprint density at radius 2 is 2.04 bits per heavy atom. The highest BCUT2D eigenvalue weighted by Gasteiger charge is 2.08. The van der Waals surface area contributed by atoms with Gasteiger partial charge in [-0.1, -0.05) is 29.8 Å². The van der Waals surface area contributed by atoms with E-state index in [0.29, 0.717) is 11.6 Å². The van der Waals surface area contributed by atoms with Crippen molar-refractivity contribution < 1.29 is 4.79 Å². The van der Waals surface area contributed by atoms with Gasteiger partial charge in [0.2, 0.25) is 5.91 Å². The van der Waals surface area contributed by atoms with Gasteiger partial charge in [0.05, 0.1) is 5.69 Å². The van der Waals surface area contributed by atoms with Gasteiger partial charge in [-0.05, 0) is 31.0 Å². The van der Waals surface area contributed by atoms with Gasteiger partial charge >= 0.3 is 0 Å². The smallest absolute Gasteiger partial charge is 0.226 e. The standard InChI is InChI=1S/C18H17N3OS/c1-13-4-6-14(7-5-13)8-9-17(22)21-18-20-16(12-23-18)15-3-2-10-19-11-15/h2-7,10-12H,8-9H2,1H3,(H,20,21,22). The fourth-order valence-corrected chi connectivity index (χ4v) is 2.91. The number of hydrogen-bond acceptors (Lipinski definition) is 4. The number of carbonyl (C=O) groups excluding carboxylic acids is 1. The van der Waals surface area contributed by atoms with E-state index >= 15 is 0 Å². The number of pyridine rings is 1. The Morgan fingerprint density at radius 1 is 1.22 bits per heavy atom. The molecule has 3 aromatic rings. The number of aromatic nitrogens is 2. The summed E-state index contributed by atoms with van der Waals surface area (Å²) in [6, 6.07) is 12.1. The number of rotatable bonds is 5. The number of carbonyl (C=O) groups is 1. The zero-order valence-electron chi connectivity index (χ0n) is 12.8. The molecular formula is C18H17N3OS. The highest BCUT2D eigenvalue weighted by Crippen LogP contribution is 2.24. The molecule has 5 heteroatoms. The molecule has 116 valence electrons. The lowest BCUT2D eigenvalue weighted by Crippen LogP contribution is -2.12. The number of thiazole rings is 1. The molecule has 0 aliphatic heterocycles. The van der Waals surface area contributed by atoms with Crippen LogP contribution in [-0.4, -0.2) is 15.9 Å². The van der Waals surface area contributed by atoms with Crippen molar-refractivity contribution in [1.29, 1.82) is 0 Å². The summed E-state index contributed by atoms with van der Waals surface area (Å²) < 4.78 is 0. The topological polar surface area (TPSA) is 54.9 Å². The Bertz CT molecular complexity index is 782. The molecule has 0 saturated heterocycles. The molecule has 2 heterocycles. The van der Waals surface area contributed by atoms with Crippen molar-refractivity contribution in [3.8, 4) is 11.3 Å². The average molecular weight is 323 g/mol. The van der Waals surface area contributed by atoms with Gasteiger partial charge in [-0.3, -0.25) is 9.78 Å². The molecule has 0 spiro atoms. The van der Waals surface area contributed by atoms with Crippen LogP contribution >= 0.6 is 11.3 Å². The molecule has 0 aliphatic carbocycles. The molecule has 1 aromatic carbocycles. The molecule has 0 aliphatic rings. The molecule has 0 fully saturated rings. The van der Waals surface area contributed by atoms with Gasteiger partial charge in [-0.25, -0.2) is 4.98 Å². The molecule has 1 amide bonds. The number of benzene rings is 1. The molecule has 0 saturated carbocycles. The number of nitrogens with one attached hydrogen (secondary N) is 1. The van der Waals surface area contributed by atoms with E-state index in [1.165, 1.54) is 22.5 Å². The van der Waals surface area contributed by atoms with Crippen molar-refractivity contribution in [3.05, 3.63) is 65.3 Å². The largest absolute Gasteiger partial charge is 0.302 e. The molecular weight excluding hydrogens is 306 g/mol. The van der Waals surface area contributed by atoms with Gasteiger partial charge in [-0.2, -0.15) is 0 Å². The summed E-state index contributed by atoms with van der Waals surface area (Å²) in [6.45, 7) is 2.05. The molecule has 1 N–H and O–H groups in total. The van der Waals surface area contributed by atoms with Crippen LogP contribution in [0.1, 0.15) is 17.5 Å². The first kappa shape index (κ1) is 15.4. The zero-order chi connectivity index (χ0) is 16.1. The fraction of sp³-hybridized carbons (Fsp3) is 0.167. The van der Waals surface area contributed by atoms with Gasteiger partial charge in [-0.15, -0.1) is 11.3 Å². The van der Waals surface area contributed by atoms with Crippen LogP contribution in [0, 0.1) is 6.92 Å². The maximum Gasteiger partial charge on any atom is 0.226 e. The van der Waals surface area contributed by atoms with Crippen LogP contribution in [-0.2, 0) is 11.2 Å². The maximum atomic E-state index is 12.0. The number of hydrogen-bond donors (Lipinski definition) is 1. The molecule has 0 unspecified atom stereocenters. The van der Waals surface area contributed by atoms with Crippen LogP contribution in [0.25, 0.3) is 11.3 Å². The minimum atomic E-state index is -0.0161. The third-order valence-electron chi connectivity index (χ3n) is 3.47. The third-order valence-corrected chi connectivity index (χ3v) is 4.23. The normalized spacial score (nSPS) is 10.5. The second kappa shape index (κ2) is 7.15. The molecule has 0 atom stereocenters. The minimum absolute atomic E-state index is 0.0161. The summed E-state index contributed by atoms with van der Waals surface area (Å²) >= 11 is 1.43. The zero-order valence-corrected chi connectivity index (χ0v) is 13.6. The van der Waals surface area contributed by atoms with Crippen LogP contribution in [0.5, 0.6) is 0 Å². The van der Waals surface area contributed by atoms with Crippen molar-refractivity contribution >= 4 is 22.4 Å². The number of aryl methyl sites for hydroxylation is 2. The summed E-state index contributed by atoms with van der Waals surface area (Å²) in [5.41, 5.74) is 4.17. The maximum absolute atomic E-state index is 12.0. The van der Waals surface area contributed by atoms with Crippen molar-refractivity contribution in [3.63, 3.8) is 0 Å². The first-order valence-corrected chi connectivity index (χ1v) is 8.30. The van der Waals surface area contributed by atoms with Crippen LogP contribution in [0.2, 0.25) is 0 Å². The summed E-state index contributed by atoms with van der Waals surface area (Å²) in [7, 11) is 0. The van der Waals surface area contributed by atoms with E-state index < -0.39 is 0 Å². The SMILES string of the molecule is Cc1ccc(CCC(=O)Nc2nc(-c3cccnc3)cs2)cc1. The van der Waals surface area contributed by atoms with Crippen LogP contribution < -0.4 is 5.32 Å². The van der Waals surface area contributed by atoms with E-state index in [1.807, 2.05) is 17.5 Å². The number of nitrogens with zero attached hydrogens (tertiary/aromatic N) is 2. The van der Waals surface area contributed by atoms with Crippen molar-refractivity contribution in [1.82, 2.24) is 9.97 Å². The third kappa shape index (κ3) is 4.23. The average Bonchev–Trinajstić information content (AvgIpc) is 3.04. The lowest BCUT2D eigenvalue weighted by atomic mass is 10.1. The number of anilines is 1. The number of amides is 1. The van der Waals surface area contributed by atoms with E-state index in [2.05, 4.69) is 46.5 Å². The quantitative estimate of drug-likeness (QED) is 0.769. The predicted octanol–water partition coefficient (Wildman–Crippen LogP) is 4.08. The van der Waals surface area contributed by atoms with E-state index in [0.717, 1.165) is 17.7 Å². The molecule has 0 radical (unpaired) electrons. The van der Waals surface area contributed by atoms with Gasteiger partial charge in [0.1, 0.15) is 0 Å². The first-order chi connectivity index (χ1) is 11.2. The fourth-order valence-electron chi connectivity index (χ4n) is 2.17. The molecule has 23 heavy (non-hydrogen) atoms. The Balaban J connectivity index is 1.56. The Labute approximate surface area is 139 Å². The van der Waals surface area contributed by atoms with Crippen LogP contribution in [0.15, 0.2) is 54.2 Å². The van der Waals surface area contributed by atoms with Crippen molar-refractivity contribution in [2.24, 2.45) is 0 Å². The highest BCUT2D eigenvalue weighted by molar-refractivity contribution is 7.14. The molecule has 4 nitrogen and oxygen atoms in total. The molecule has 0 bridgehead atoms. The summed E-state index contributed by atoms with van der Waals surface area (Å²) in [5, 5.41) is 5.41. The summed E-state index contributed by atoms with van der Waals surface area (Å²) in [5.74, 6) is -0.0161. The van der Waals surface area contributed by atoms with E-state index in [4.69, 9.17) is 0 Å². The second-order valence-electron chi connectivity index (χ2n) is 5.31. The Morgan fingerprint density at radius 3 is 2.78 bits per heavy atom. The Kier molecular flexibility index (Phi) is 4.78. The van der Waals surface area contributed by atoms with Gasteiger partial charge in [0, 0.05) is 29.8 Å². The summed E-state index contributed by atoms with van der Waals surface area (Å²) in [6.07, 6.45) is 4.67. The van der Waals surface area contributed by atoms with Crippen molar-refractivity contribution in [2.45, 2.75) is 19.8 Å². The van der Waals surface area contributed by atoms with Crippen LogP contribution in [0.4, 0.5) is 5.13 Å². The van der Waals surface area contributed by atoms with Gasteiger partial charge in [0.15, 0.2) is 5.13 Å². The lowest BCUT2D eigenvalue weighted by molar-refractivity contribution is -0.116. The monoisotopic (exact) mass is 323 g/mol. The lowest BCUT2D eigenvalue weighted by Gasteiger charge is -2.03. The Hall–Kier alpha value is -2.53. The van der Waals surface area contributed by atoms with Crippen LogP contribution in [0.3, 0.4) is 0 Å². The molecule has 2 aromatic heterocycles. The minimum Gasteiger partial charge on any atom is -0.302 e. The predicted molar refractivity (Wildman–Crippen MR) is 93.5 cm³/mol. The summed E-state index contributed by atoms with van der Waals surface area (Å²) in [4.78, 5) is 20.6. The second-order valence-corrected chi connectivity index (χ2v) is 6.17. The first-order valence-electron chi connectivity index (χ1n) is 7.42. The van der Waals surface area contributed by atoms with E-state index in [1.54, 1.807) is 12.4 Å². The van der Waals surface area contributed by atoms with E-state index in [9.17, 15) is 4.79 Å². The van der Waals surface area contributed by atoms with E-state index in [-0.39, 0.29) is 5.91 Å². The molecule has 3 rings (SSSR count).